The van der Waals surface area contributed by atoms with Crippen molar-refractivity contribution in [2.75, 3.05) is 50.9 Å². The van der Waals surface area contributed by atoms with Crippen molar-refractivity contribution < 1.29 is 9.47 Å². The second kappa shape index (κ2) is 12.8. The van der Waals surface area contributed by atoms with Crippen molar-refractivity contribution in [3.63, 3.8) is 0 Å². The van der Waals surface area contributed by atoms with E-state index >= 15 is 0 Å². The summed E-state index contributed by atoms with van der Waals surface area (Å²) in [5.41, 5.74) is 13.2. The Kier molecular flexibility index (Phi) is 9.06. The molecule has 4 N–H and O–H groups in total. The number of H-pyrrole nitrogens is 1. The highest BCUT2D eigenvalue weighted by Crippen LogP contribution is 2.28. The molecule has 202 valence electrons. The zero-order valence-electron chi connectivity index (χ0n) is 21.7. The SMILES string of the molecule is CC[C@H](CN)NN1CC(Cl)OCC1c1nc2cc(N3CCOCC3)ccc2[nH]1.c1ccc2ncccc2c1. The molecule has 0 radical (unpaired) electrons. The molecule has 0 saturated carbocycles. The Hall–Kier alpha value is -2.79. The van der Waals surface area contributed by atoms with Gasteiger partial charge >= 0.3 is 0 Å². The predicted octanol–water partition coefficient (Wildman–Crippen LogP) is 3.81. The third kappa shape index (κ3) is 6.43. The Morgan fingerprint density at radius 1 is 1.13 bits per heavy atom. The zero-order valence-corrected chi connectivity index (χ0v) is 22.5. The number of aromatic amines is 1. The maximum absolute atomic E-state index is 6.24. The van der Waals surface area contributed by atoms with Crippen molar-refractivity contribution in [1.82, 2.24) is 25.4 Å². The van der Waals surface area contributed by atoms with E-state index in [0.29, 0.717) is 19.7 Å². The molecular weight excluding hydrogens is 502 g/mol. The van der Waals surface area contributed by atoms with Gasteiger partial charge in [-0.3, -0.25) is 4.98 Å². The summed E-state index contributed by atoms with van der Waals surface area (Å²) in [6.45, 7) is 7.07. The van der Waals surface area contributed by atoms with E-state index in [4.69, 9.17) is 31.8 Å². The van der Waals surface area contributed by atoms with Crippen LogP contribution in [0.4, 0.5) is 5.69 Å². The molecule has 0 spiro atoms. The van der Waals surface area contributed by atoms with E-state index in [-0.39, 0.29) is 17.6 Å². The minimum atomic E-state index is -0.351. The van der Waals surface area contributed by atoms with Crippen molar-refractivity contribution >= 4 is 39.2 Å². The highest BCUT2D eigenvalue weighted by molar-refractivity contribution is 6.19. The Balaban J connectivity index is 0.000000244. The number of alkyl halides is 1. The molecule has 4 heterocycles. The van der Waals surface area contributed by atoms with Gasteiger partial charge in [-0.15, -0.1) is 0 Å². The van der Waals surface area contributed by atoms with Crippen molar-refractivity contribution in [3.8, 4) is 0 Å². The first kappa shape index (κ1) is 26.8. The van der Waals surface area contributed by atoms with Crippen LogP contribution in [0.5, 0.6) is 0 Å². The van der Waals surface area contributed by atoms with Gasteiger partial charge in [-0.1, -0.05) is 42.8 Å². The summed E-state index contributed by atoms with van der Waals surface area (Å²) < 4.78 is 11.2. The van der Waals surface area contributed by atoms with E-state index in [1.54, 1.807) is 0 Å². The Morgan fingerprint density at radius 3 is 2.74 bits per heavy atom. The van der Waals surface area contributed by atoms with Gasteiger partial charge in [-0.25, -0.2) is 15.4 Å². The molecule has 4 aromatic rings. The molecule has 2 aliphatic rings. The summed E-state index contributed by atoms with van der Waals surface area (Å²) >= 11 is 6.24. The summed E-state index contributed by atoms with van der Waals surface area (Å²) in [5, 5.41) is 3.31. The maximum Gasteiger partial charge on any atom is 0.145 e. The van der Waals surface area contributed by atoms with Crippen LogP contribution in [0.25, 0.3) is 21.9 Å². The molecule has 9 nitrogen and oxygen atoms in total. The molecule has 2 aliphatic heterocycles. The molecule has 0 aliphatic carbocycles. The molecule has 0 amide bonds. The fraction of sp³-hybridized carbons (Fsp3) is 0.429. The Morgan fingerprint density at radius 2 is 1.95 bits per heavy atom. The van der Waals surface area contributed by atoms with Gasteiger partial charge in [0.15, 0.2) is 0 Å². The van der Waals surface area contributed by atoms with Crippen molar-refractivity contribution in [2.45, 2.75) is 31.0 Å². The van der Waals surface area contributed by atoms with Crippen LogP contribution in [0.1, 0.15) is 25.2 Å². The average Bonchev–Trinajstić information content (AvgIpc) is 3.40. The first-order valence-electron chi connectivity index (χ1n) is 13.2. The molecule has 10 heteroatoms. The number of nitrogens with one attached hydrogen (secondary N) is 2. The number of halogens is 1. The maximum atomic E-state index is 6.24. The first-order valence-corrected chi connectivity index (χ1v) is 13.7. The number of morpholine rings is 2. The highest BCUT2D eigenvalue weighted by atomic mass is 35.5. The van der Waals surface area contributed by atoms with Crippen LogP contribution in [0.15, 0.2) is 60.8 Å². The van der Waals surface area contributed by atoms with Gasteiger partial charge in [0, 0.05) is 42.9 Å². The van der Waals surface area contributed by atoms with Crippen LogP contribution in [-0.4, -0.2) is 77.6 Å². The summed E-state index contributed by atoms with van der Waals surface area (Å²) in [6, 6.07) is 18.6. The number of fused-ring (bicyclic) bond motifs is 2. The number of anilines is 1. The standard InChI is InChI=1S/C19H29ClN6O2.C9H7N/c1-2-13(10-21)24-26-11-18(20)28-12-17(26)19-22-15-4-3-14(9-16(15)23-19)25-5-7-27-8-6-25;1-2-6-9-8(4-1)5-3-7-10-9/h3-4,9,13,17-18,24H,2,5-8,10-12,21H2,1H3,(H,22,23);1-7H/t13-,17?,18?;/m1./s1. The number of hydrogen-bond donors (Lipinski definition) is 3. The third-order valence-corrected chi connectivity index (χ3v) is 7.23. The number of benzene rings is 2. The lowest BCUT2D eigenvalue weighted by atomic mass is 10.2. The van der Waals surface area contributed by atoms with Crippen molar-refractivity contribution in [3.05, 3.63) is 66.6 Å². The number of hydrogen-bond acceptors (Lipinski definition) is 8. The van der Waals surface area contributed by atoms with E-state index in [1.165, 1.54) is 11.1 Å². The van der Waals surface area contributed by atoms with E-state index in [9.17, 15) is 0 Å². The monoisotopic (exact) mass is 537 g/mol. The van der Waals surface area contributed by atoms with Crippen molar-refractivity contribution in [1.29, 1.82) is 0 Å². The summed E-state index contributed by atoms with van der Waals surface area (Å²) in [4.78, 5) is 14.9. The minimum Gasteiger partial charge on any atom is -0.378 e. The lowest BCUT2D eigenvalue weighted by Crippen LogP contribution is -2.55. The second-order valence-corrected chi connectivity index (χ2v) is 9.99. The number of para-hydroxylation sites is 1. The van der Waals surface area contributed by atoms with Gasteiger partial charge in [0.1, 0.15) is 17.4 Å². The van der Waals surface area contributed by atoms with E-state index in [2.05, 4.69) is 62.6 Å². The molecule has 2 fully saturated rings. The van der Waals surface area contributed by atoms with Gasteiger partial charge in [-0.05, 0) is 36.8 Å². The number of rotatable bonds is 6. The molecule has 2 unspecified atom stereocenters. The van der Waals surface area contributed by atoms with Crippen LogP contribution in [0, 0.1) is 0 Å². The first-order chi connectivity index (χ1) is 18.6. The normalized spacial score (nSPS) is 21.3. The molecule has 38 heavy (non-hydrogen) atoms. The zero-order chi connectivity index (χ0) is 26.3. The van der Waals surface area contributed by atoms with E-state index in [0.717, 1.165) is 55.1 Å². The fourth-order valence-corrected chi connectivity index (χ4v) is 4.96. The summed E-state index contributed by atoms with van der Waals surface area (Å²) in [6.07, 6.45) is 2.75. The second-order valence-electron chi connectivity index (χ2n) is 9.50. The van der Waals surface area contributed by atoms with Crippen LogP contribution in [0.2, 0.25) is 0 Å². The third-order valence-electron chi connectivity index (χ3n) is 6.97. The van der Waals surface area contributed by atoms with Crippen LogP contribution >= 0.6 is 11.6 Å². The topological polar surface area (TPSA) is 105 Å². The number of ether oxygens (including phenoxy) is 2. The van der Waals surface area contributed by atoms with Gasteiger partial charge < -0.3 is 25.1 Å². The van der Waals surface area contributed by atoms with Gasteiger partial charge in [0.25, 0.3) is 0 Å². The molecule has 2 aromatic heterocycles. The fourth-order valence-electron chi connectivity index (χ4n) is 4.74. The number of imidazole rings is 1. The van der Waals surface area contributed by atoms with Gasteiger partial charge in [0.05, 0.1) is 42.9 Å². The highest BCUT2D eigenvalue weighted by Gasteiger charge is 2.32. The number of pyridine rings is 1. The number of aromatic nitrogens is 3. The summed E-state index contributed by atoms with van der Waals surface area (Å²) in [5.74, 6) is 0.872. The molecule has 6 rings (SSSR count). The molecule has 3 atom stereocenters. The average molecular weight is 538 g/mol. The van der Waals surface area contributed by atoms with Crippen LogP contribution in [-0.2, 0) is 9.47 Å². The molecule has 2 saturated heterocycles. The lowest BCUT2D eigenvalue weighted by Gasteiger charge is -2.38. The number of hydrazine groups is 1. The quantitative estimate of drug-likeness (QED) is 0.319. The van der Waals surface area contributed by atoms with Crippen LogP contribution < -0.4 is 16.1 Å². The number of nitrogens with two attached hydrogens (primary N) is 1. The van der Waals surface area contributed by atoms with E-state index < -0.39 is 0 Å². The molecule has 2 aromatic carbocycles. The van der Waals surface area contributed by atoms with Gasteiger partial charge in [0.2, 0.25) is 0 Å². The largest absolute Gasteiger partial charge is 0.378 e. The summed E-state index contributed by atoms with van der Waals surface area (Å²) in [7, 11) is 0. The molecule has 0 bridgehead atoms. The smallest absolute Gasteiger partial charge is 0.145 e. The van der Waals surface area contributed by atoms with E-state index in [1.807, 2.05) is 30.5 Å². The Bertz CT molecular complexity index is 1240. The van der Waals surface area contributed by atoms with Crippen molar-refractivity contribution in [2.24, 2.45) is 5.73 Å². The number of nitrogens with zero attached hydrogens (tertiary/aromatic N) is 4. The lowest BCUT2D eigenvalue weighted by molar-refractivity contribution is -0.0625. The van der Waals surface area contributed by atoms with Crippen LogP contribution in [0.3, 0.4) is 0 Å². The predicted molar refractivity (Wildman–Crippen MR) is 152 cm³/mol. The Labute approximate surface area is 228 Å². The molecular formula is C28H36ClN7O2. The minimum absolute atomic E-state index is 0.0464. The van der Waals surface area contributed by atoms with Gasteiger partial charge in [-0.2, -0.15) is 0 Å².